The van der Waals surface area contributed by atoms with E-state index in [4.69, 9.17) is 0 Å². The first-order valence-corrected chi connectivity index (χ1v) is 7.39. The second-order valence-electron chi connectivity index (χ2n) is 4.87. The summed E-state index contributed by atoms with van der Waals surface area (Å²) >= 11 is 1.42. The zero-order valence-electron chi connectivity index (χ0n) is 10.6. The summed E-state index contributed by atoms with van der Waals surface area (Å²) < 4.78 is 1.73. The predicted octanol–water partition coefficient (Wildman–Crippen LogP) is 2.92. The molecule has 1 N–H and O–H groups in total. The van der Waals surface area contributed by atoms with Crippen molar-refractivity contribution >= 4 is 28.6 Å². The maximum atomic E-state index is 12.1. The SMILES string of the molecule is O=C(Nc1cccn2nc(C3CC3)nc12)c1cccs1. The Morgan fingerprint density at radius 2 is 2.25 bits per heavy atom. The highest BCUT2D eigenvalue weighted by Gasteiger charge is 2.28. The van der Waals surface area contributed by atoms with E-state index in [0.29, 0.717) is 22.1 Å². The fourth-order valence-electron chi connectivity index (χ4n) is 2.13. The average Bonchev–Trinajstić information content (AvgIpc) is 3.00. The van der Waals surface area contributed by atoms with Crippen LogP contribution in [0.15, 0.2) is 35.8 Å². The quantitative estimate of drug-likeness (QED) is 0.804. The number of nitrogens with zero attached hydrogens (tertiary/aromatic N) is 3. The molecule has 0 atom stereocenters. The lowest BCUT2D eigenvalue weighted by molar-refractivity contribution is 0.103. The van der Waals surface area contributed by atoms with Crippen molar-refractivity contribution in [1.82, 2.24) is 14.6 Å². The van der Waals surface area contributed by atoms with Crippen molar-refractivity contribution in [3.63, 3.8) is 0 Å². The summed E-state index contributed by atoms with van der Waals surface area (Å²) in [5, 5.41) is 9.26. The summed E-state index contributed by atoms with van der Waals surface area (Å²) in [6, 6.07) is 7.39. The minimum Gasteiger partial charge on any atom is -0.318 e. The smallest absolute Gasteiger partial charge is 0.265 e. The summed E-state index contributed by atoms with van der Waals surface area (Å²) in [5.74, 6) is 1.27. The van der Waals surface area contributed by atoms with Gasteiger partial charge in [-0.1, -0.05) is 6.07 Å². The standard InChI is InChI=1S/C14H12N4OS/c19-14(11-4-2-8-20-11)15-10-3-1-7-18-13(10)16-12(17-18)9-5-6-9/h1-4,7-9H,5-6H2,(H,15,19). The summed E-state index contributed by atoms with van der Waals surface area (Å²) in [4.78, 5) is 17.4. The van der Waals surface area contributed by atoms with Crippen LogP contribution < -0.4 is 5.32 Å². The number of thiophene rings is 1. The molecule has 1 aliphatic carbocycles. The van der Waals surface area contributed by atoms with Crippen LogP contribution in [0.3, 0.4) is 0 Å². The van der Waals surface area contributed by atoms with E-state index >= 15 is 0 Å². The molecule has 0 aliphatic heterocycles. The first kappa shape index (κ1) is 11.6. The molecule has 3 heterocycles. The van der Waals surface area contributed by atoms with E-state index in [0.717, 1.165) is 18.7 Å². The number of anilines is 1. The number of hydrogen-bond acceptors (Lipinski definition) is 4. The van der Waals surface area contributed by atoms with Crippen LogP contribution in [0.5, 0.6) is 0 Å². The normalized spacial score (nSPS) is 14.6. The molecule has 0 bridgehead atoms. The van der Waals surface area contributed by atoms with E-state index in [1.54, 1.807) is 10.6 Å². The monoisotopic (exact) mass is 284 g/mol. The van der Waals surface area contributed by atoms with Gasteiger partial charge in [0.05, 0.1) is 10.6 Å². The minimum absolute atomic E-state index is 0.107. The fourth-order valence-corrected chi connectivity index (χ4v) is 2.75. The van der Waals surface area contributed by atoms with E-state index in [1.165, 1.54) is 11.3 Å². The molecule has 1 fully saturated rings. The maximum absolute atomic E-state index is 12.1. The van der Waals surface area contributed by atoms with Crippen molar-refractivity contribution in [1.29, 1.82) is 0 Å². The number of nitrogens with one attached hydrogen (secondary N) is 1. The van der Waals surface area contributed by atoms with Crippen molar-refractivity contribution in [2.45, 2.75) is 18.8 Å². The number of aromatic nitrogens is 3. The number of fused-ring (bicyclic) bond motifs is 1. The second-order valence-corrected chi connectivity index (χ2v) is 5.81. The van der Waals surface area contributed by atoms with E-state index in [-0.39, 0.29) is 5.91 Å². The van der Waals surface area contributed by atoms with Gasteiger partial charge >= 0.3 is 0 Å². The number of rotatable bonds is 3. The lowest BCUT2D eigenvalue weighted by atomic mass is 10.3. The number of hydrogen-bond donors (Lipinski definition) is 1. The Kier molecular flexibility index (Phi) is 2.56. The zero-order valence-corrected chi connectivity index (χ0v) is 11.4. The molecule has 6 heteroatoms. The van der Waals surface area contributed by atoms with Crippen molar-refractivity contribution in [2.24, 2.45) is 0 Å². The molecule has 100 valence electrons. The van der Waals surface area contributed by atoms with Crippen LogP contribution in [-0.2, 0) is 0 Å². The van der Waals surface area contributed by atoms with E-state index < -0.39 is 0 Å². The van der Waals surface area contributed by atoms with E-state index in [9.17, 15) is 4.79 Å². The van der Waals surface area contributed by atoms with Crippen LogP contribution >= 0.6 is 11.3 Å². The molecular weight excluding hydrogens is 272 g/mol. The predicted molar refractivity (Wildman–Crippen MR) is 77.2 cm³/mol. The van der Waals surface area contributed by atoms with Gasteiger partial charge in [-0.15, -0.1) is 11.3 Å². The van der Waals surface area contributed by atoms with Gasteiger partial charge in [0.25, 0.3) is 5.91 Å². The number of pyridine rings is 1. The molecule has 20 heavy (non-hydrogen) atoms. The molecular formula is C14H12N4OS. The number of carbonyl (C=O) groups is 1. The Morgan fingerprint density at radius 1 is 1.35 bits per heavy atom. The topological polar surface area (TPSA) is 59.3 Å². The highest BCUT2D eigenvalue weighted by Crippen LogP contribution is 2.38. The van der Waals surface area contributed by atoms with Crippen molar-refractivity contribution in [3.8, 4) is 0 Å². The van der Waals surface area contributed by atoms with Crippen LogP contribution in [0.1, 0.15) is 34.3 Å². The Labute approximate surface area is 119 Å². The van der Waals surface area contributed by atoms with Gasteiger partial charge in [-0.05, 0) is 36.4 Å². The minimum atomic E-state index is -0.107. The third kappa shape index (κ3) is 1.98. The molecule has 3 aromatic rings. The van der Waals surface area contributed by atoms with E-state index in [2.05, 4.69) is 15.4 Å². The number of carbonyl (C=O) groups excluding carboxylic acids is 1. The molecule has 0 saturated heterocycles. The fraction of sp³-hybridized carbons (Fsp3) is 0.214. The molecule has 1 saturated carbocycles. The van der Waals surface area contributed by atoms with Crippen molar-refractivity contribution in [2.75, 3.05) is 5.32 Å². The lowest BCUT2D eigenvalue weighted by Crippen LogP contribution is -2.11. The highest BCUT2D eigenvalue weighted by molar-refractivity contribution is 7.12. The van der Waals surface area contributed by atoms with Gasteiger partial charge < -0.3 is 5.32 Å². The molecule has 0 spiro atoms. The Bertz CT molecular complexity index is 774. The summed E-state index contributed by atoms with van der Waals surface area (Å²) in [7, 11) is 0. The zero-order chi connectivity index (χ0) is 13.5. The van der Waals surface area contributed by atoms with Crippen LogP contribution in [0.4, 0.5) is 5.69 Å². The van der Waals surface area contributed by atoms with Crippen molar-refractivity contribution in [3.05, 3.63) is 46.5 Å². The van der Waals surface area contributed by atoms with Crippen LogP contribution in [0, 0.1) is 0 Å². The molecule has 1 amide bonds. The van der Waals surface area contributed by atoms with Gasteiger partial charge in [-0.2, -0.15) is 5.10 Å². The van der Waals surface area contributed by atoms with Crippen LogP contribution in [0.25, 0.3) is 5.65 Å². The highest BCUT2D eigenvalue weighted by atomic mass is 32.1. The Balaban J connectivity index is 1.70. The summed E-state index contributed by atoms with van der Waals surface area (Å²) in [5.41, 5.74) is 1.41. The van der Waals surface area contributed by atoms with Gasteiger partial charge in [0, 0.05) is 12.1 Å². The molecule has 5 nitrogen and oxygen atoms in total. The molecule has 0 unspecified atom stereocenters. The molecule has 0 aromatic carbocycles. The molecule has 4 rings (SSSR count). The second kappa shape index (κ2) is 4.42. The van der Waals surface area contributed by atoms with Gasteiger partial charge in [0.2, 0.25) is 0 Å². The summed E-state index contributed by atoms with van der Waals surface area (Å²) in [6.45, 7) is 0. The Hall–Kier alpha value is -2.21. The lowest BCUT2D eigenvalue weighted by Gasteiger charge is -2.04. The summed E-state index contributed by atoms with van der Waals surface area (Å²) in [6.07, 6.45) is 4.18. The van der Waals surface area contributed by atoms with Gasteiger partial charge in [-0.3, -0.25) is 4.79 Å². The number of amides is 1. The van der Waals surface area contributed by atoms with Gasteiger partial charge in [0.1, 0.15) is 0 Å². The third-order valence-corrected chi connectivity index (χ3v) is 4.18. The van der Waals surface area contributed by atoms with Gasteiger partial charge in [-0.25, -0.2) is 9.50 Å². The first-order chi connectivity index (χ1) is 9.81. The third-order valence-electron chi connectivity index (χ3n) is 3.31. The van der Waals surface area contributed by atoms with Crippen LogP contribution in [0.2, 0.25) is 0 Å². The molecule has 1 aliphatic rings. The van der Waals surface area contributed by atoms with Gasteiger partial charge in [0.15, 0.2) is 11.5 Å². The van der Waals surface area contributed by atoms with Crippen LogP contribution in [-0.4, -0.2) is 20.5 Å². The molecule has 0 radical (unpaired) electrons. The Morgan fingerprint density at radius 3 is 3.00 bits per heavy atom. The van der Waals surface area contributed by atoms with E-state index in [1.807, 2.05) is 29.8 Å². The van der Waals surface area contributed by atoms with Crippen molar-refractivity contribution < 1.29 is 4.79 Å². The largest absolute Gasteiger partial charge is 0.318 e. The maximum Gasteiger partial charge on any atom is 0.265 e. The average molecular weight is 284 g/mol. The first-order valence-electron chi connectivity index (χ1n) is 6.51. The molecule has 3 aromatic heterocycles.